The Kier molecular flexibility index (Phi) is 6.12. The molecule has 2 aromatic rings. The van der Waals surface area contributed by atoms with E-state index in [1.165, 1.54) is 6.33 Å². The van der Waals surface area contributed by atoms with Gasteiger partial charge in [0.25, 0.3) is 0 Å². The minimum Gasteiger partial charge on any atom is -0.481 e. The van der Waals surface area contributed by atoms with Crippen molar-refractivity contribution in [3.05, 3.63) is 24.8 Å². The van der Waals surface area contributed by atoms with Crippen LogP contribution in [0.3, 0.4) is 0 Å². The first-order chi connectivity index (χ1) is 10.7. The predicted octanol–water partition coefficient (Wildman–Crippen LogP) is 0.262. The van der Waals surface area contributed by atoms with Gasteiger partial charge >= 0.3 is 18.1 Å². The van der Waals surface area contributed by atoms with E-state index in [-0.39, 0.29) is 6.42 Å². The first-order valence-corrected chi connectivity index (χ1v) is 5.93. The molecule has 0 bridgehead atoms. The van der Waals surface area contributed by atoms with Crippen LogP contribution < -0.4 is 4.68 Å². The van der Waals surface area contributed by atoms with Crippen LogP contribution in [0.15, 0.2) is 24.8 Å². The van der Waals surface area contributed by atoms with Crippen LogP contribution in [0.1, 0.15) is 6.42 Å². The third-order valence-electron chi connectivity index (χ3n) is 2.26. The number of halogens is 3. The average molecular weight is 334 g/mol. The monoisotopic (exact) mass is 334 g/mol. The molecule has 124 valence electrons. The first kappa shape index (κ1) is 18.0. The summed E-state index contributed by atoms with van der Waals surface area (Å²) < 4.78 is 33.3. The molecule has 0 unspecified atom stereocenters. The summed E-state index contributed by atoms with van der Waals surface area (Å²) in [7, 11) is 0. The van der Waals surface area contributed by atoms with Crippen molar-refractivity contribution in [3.8, 4) is 11.4 Å². The van der Waals surface area contributed by atoms with Gasteiger partial charge in [0.15, 0.2) is 18.6 Å². The zero-order chi connectivity index (χ0) is 17.5. The lowest BCUT2D eigenvalue weighted by Gasteiger charge is -1.94. The highest BCUT2D eigenvalue weighted by atomic mass is 19.4. The molecule has 3 N–H and O–H groups in total. The highest BCUT2D eigenvalue weighted by Gasteiger charge is 2.38. The van der Waals surface area contributed by atoms with E-state index in [0.29, 0.717) is 12.4 Å². The Morgan fingerprint density at radius 2 is 1.96 bits per heavy atom. The fourth-order valence-corrected chi connectivity index (χ4v) is 1.21. The van der Waals surface area contributed by atoms with Gasteiger partial charge in [0.1, 0.15) is 18.9 Å². The normalized spacial score (nSPS) is 10.6. The van der Waals surface area contributed by atoms with Crippen molar-refractivity contribution in [1.82, 2.24) is 20.3 Å². The van der Waals surface area contributed by atoms with Gasteiger partial charge in [-0.1, -0.05) is 4.68 Å². The van der Waals surface area contributed by atoms with Gasteiger partial charge in [0, 0.05) is 11.6 Å². The number of aryl methyl sites for hydroxylation is 1. The number of aliphatic carboxylic acids is 2. The maximum Gasteiger partial charge on any atom is 0.490 e. The van der Waals surface area contributed by atoms with E-state index in [4.69, 9.17) is 15.0 Å². The highest BCUT2D eigenvalue weighted by molar-refractivity contribution is 5.73. The van der Waals surface area contributed by atoms with Crippen molar-refractivity contribution in [3.63, 3.8) is 0 Å². The number of hydrogen-bond acceptors (Lipinski definition) is 5. The molecule has 0 aliphatic rings. The molecule has 0 amide bonds. The Balaban J connectivity index is 0.000000322. The number of rotatable bonds is 4. The molecular formula is C11H11F3N5O4+. The van der Waals surface area contributed by atoms with Crippen molar-refractivity contribution in [2.24, 2.45) is 0 Å². The van der Waals surface area contributed by atoms with Crippen LogP contribution in [-0.4, -0.2) is 48.6 Å². The number of carboxylic acids is 2. The van der Waals surface area contributed by atoms with Crippen LogP contribution >= 0.6 is 0 Å². The summed E-state index contributed by atoms with van der Waals surface area (Å²) in [6, 6.07) is 1.80. The van der Waals surface area contributed by atoms with Gasteiger partial charge in [0.2, 0.25) is 0 Å². The minimum atomic E-state index is -5.08. The lowest BCUT2D eigenvalue weighted by Crippen LogP contribution is -2.38. The van der Waals surface area contributed by atoms with Crippen LogP contribution in [0.5, 0.6) is 0 Å². The summed E-state index contributed by atoms with van der Waals surface area (Å²) in [6.45, 7) is 0.353. The van der Waals surface area contributed by atoms with Gasteiger partial charge in [-0.2, -0.15) is 18.3 Å². The summed E-state index contributed by atoms with van der Waals surface area (Å²) in [4.78, 5) is 23.2. The summed E-state index contributed by atoms with van der Waals surface area (Å²) in [5.41, 5.74) is 0.809. The Morgan fingerprint density at radius 3 is 2.35 bits per heavy atom. The lowest BCUT2D eigenvalue weighted by atomic mass is 10.3. The molecule has 0 aliphatic heterocycles. The molecule has 0 saturated heterocycles. The number of carbonyl (C=O) groups is 2. The van der Waals surface area contributed by atoms with Gasteiger partial charge in [-0.3, -0.25) is 9.89 Å². The molecule has 0 aliphatic carbocycles. The van der Waals surface area contributed by atoms with Crippen molar-refractivity contribution in [1.29, 1.82) is 0 Å². The zero-order valence-electron chi connectivity index (χ0n) is 11.4. The van der Waals surface area contributed by atoms with Crippen LogP contribution in [0, 0.1) is 0 Å². The number of alkyl halides is 3. The van der Waals surface area contributed by atoms with E-state index in [1.54, 1.807) is 23.1 Å². The largest absolute Gasteiger partial charge is 0.490 e. The van der Waals surface area contributed by atoms with Crippen molar-refractivity contribution in [2.75, 3.05) is 0 Å². The highest BCUT2D eigenvalue weighted by Crippen LogP contribution is 2.13. The Labute approximate surface area is 126 Å². The number of nitrogens with zero attached hydrogens (tertiary/aromatic N) is 4. The quantitative estimate of drug-likeness (QED) is 0.683. The Bertz CT molecular complexity index is 643. The number of aromatic nitrogens is 5. The Hall–Kier alpha value is -3.05. The summed E-state index contributed by atoms with van der Waals surface area (Å²) in [5.74, 6) is -2.96. The summed E-state index contributed by atoms with van der Waals surface area (Å²) in [5, 5.41) is 26.2. The van der Waals surface area contributed by atoms with Crippen LogP contribution in [0.2, 0.25) is 0 Å². The second-order valence-electron chi connectivity index (χ2n) is 3.96. The molecule has 2 aromatic heterocycles. The fourth-order valence-electron chi connectivity index (χ4n) is 1.21. The first-order valence-electron chi connectivity index (χ1n) is 5.93. The van der Waals surface area contributed by atoms with E-state index in [2.05, 4.69) is 20.3 Å². The van der Waals surface area contributed by atoms with Crippen molar-refractivity contribution in [2.45, 2.75) is 19.1 Å². The second-order valence-corrected chi connectivity index (χ2v) is 3.96. The molecule has 23 heavy (non-hydrogen) atoms. The topological polar surface area (TPSA) is 133 Å². The number of H-pyrrole nitrogens is 1. The standard InChI is InChI=1S/C9H9N5O2.C2HF3O2/c15-8(16)2-4-14-3-1-7(5-12-14)9-10-6-11-13-9;3-2(4,5)1(6)7/h1,3,5-6H,2,4H2,(H,15,16);(H,6,7)/p+1. The molecule has 0 atom stereocenters. The third kappa shape index (κ3) is 6.50. The van der Waals surface area contributed by atoms with E-state index in [9.17, 15) is 18.0 Å². The average Bonchev–Trinajstić information content (AvgIpc) is 2.99. The molecular weight excluding hydrogens is 323 g/mol. The number of aromatic amines is 1. The van der Waals surface area contributed by atoms with E-state index in [1.807, 2.05) is 0 Å². The third-order valence-corrected chi connectivity index (χ3v) is 2.26. The van der Waals surface area contributed by atoms with Gasteiger partial charge < -0.3 is 10.2 Å². The van der Waals surface area contributed by atoms with Crippen LogP contribution in [0.4, 0.5) is 13.2 Å². The summed E-state index contributed by atoms with van der Waals surface area (Å²) >= 11 is 0. The van der Waals surface area contributed by atoms with Crippen molar-refractivity contribution >= 4 is 11.9 Å². The molecule has 2 rings (SSSR count). The van der Waals surface area contributed by atoms with Crippen LogP contribution in [0.25, 0.3) is 11.4 Å². The molecule has 2 heterocycles. The molecule has 0 aromatic carbocycles. The molecule has 0 saturated carbocycles. The van der Waals surface area contributed by atoms with Gasteiger partial charge in [-0.25, -0.2) is 9.78 Å². The molecule has 0 fully saturated rings. The van der Waals surface area contributed by atoms with Crippen molar-refractivity contribution < 1.29 is 37.7 Å². The maximum absolute atomic E-state index is 10.6. The smallest absolute Gasteiger partial charge is 0.481 e. The number of hydrogen-bond donors (Lipinski definition) is 3. The molecule has 9 nitrogen and oxygen atoms in total. The van der Waals surface area contributed by atoms with Gasteiger partial charge in [-0.15, -0.1) is 0 Å². The van der Waals surface area contributed by atoms with Gasteiger partial charge in [-0.05, 0) is 5.10 Å². The Morgan fingerprint density at radius 1 is 1.30 bits per heavy atom. The van der Waals surface area contributed by atoms with E-state index >= 15 is 0 Å². The molecule has 12 heteroatoms. The maximum atomic E-state index is 10.6. The SMILES string of the molecule is O=C(O)C(F)(F)F.O=C(O)CC[n+]1ccc(-c2ncn[nH]2)cn1. The fraction of sp³-hybridized carbons (Fsp3) is 0.273. The molecule has 0 spiro atoms. The van der Waals surface area contributed by atoms with E-state index < -0.39 is 18.1 Å². The lowest BCUT2D eigenvalue weighted by molar-refractivity contribution is -0.752. The minimum absolute atomic E-state index is 0.0549. The molecule has 0 radical (unpaired) electrons. The summed E-state index contributed by atoms with van der Waals surface area (Å²) in [6.07, 6.45) is -0.288. The number of nitrogens with one attached hydrogen (secondary N) is 1. The number of carboxylic acid groups (broad SMARTS) is 2. The van der Waals surface area contributed by atoms with Crippen LogP contribution in [-0.2, 0) is 16.1 Å². The van der Waals surface area contributed by atoms with Gasteiger partial charge in [0.05, 0.1) is 0 Å². The van der Waals surface area contributed by atoms with E-state index in [0.717, 1.165) is 5.56 Å². The second kappa shape index (κ2) is 7.82. The predicted molar refractivity (Wildman–Crippen MR) is 65.8 cm³/mol. The zero-order valence-corrected chi connectivity index (χ0v) is 11.4.